The number of halogens is 4. The molecule has 4 aromatic carbocycles. The molecule has 53 heavy (non-hydrogen) atoms. The maximum atomic E-state index is 13.8. The Labute approximate surface area is 316 Å². The van der Waals surface area contributed by atoms with E-state index in [0.717, 1.165) is 82.4 Å². The number of fused-ring (bicyclic) bond motifs is 2. The molecule has 4 N–H and O–H groups in total. The molecule has 8 nitrogen and oxygen atoms in total. The van der Waals surface area contributed by atoms with E-state index < -0.39 is 0 Å². The Morgan fingerprint density at radius 1 is 0.717 bits per heavy atom. The molecule has 6 aromatic rings. The summed E-state index contributed by atoms with van der Waals surface area (Å²) in [7, 11) is 0. The summed E-state index contributed by atoms with van der Waals surface area (Å²) in [4.78, 5) is 11.3. The molecule has 0 radical (unpaired) electrons. The van der Waals surface area contributed by atoms with Crippen LogP contribution < -0.4 is 26.2 Å². The molecule has 1 aliphatic heterocycles. The monoisotopic (exact) mass is 749 g/mol. The lowest BCUT2D eigenvalue weighted by atomic mass is 10.1. The lowest BCUT2D eigenvalue weighted by molar-refractivity contribution is -0.528. The number of nitrogens with zero attached hydrogens (tertiary/aromatic N) is 4. The lowest BCUT2D eigenvalue weighted by Gasteiger charge is -2.30. The van der Waals surface area contributed by atoms with Gasteiger partial charge in [-0.15, -0.1) is 0 Å². The third-order valence-electron chi connectivity index (χ3n) is 8.86. The van der Waals surface area contributed by atoms with Crippen molar-refractivity contribution in [2.45, 2.75) is 0 Å². The van der Waals surface area contributed by atoms with Gasteiger partial charge in [0.1, 0.15) is 36.2 Å². The molecule has 0 spiro atoms. The minimum atomic E-state index is -0.309. The Hall–Kier alpha value is -5.71. The number of hydrogen-bond donors (Lipinski definition) is 4. The van der Waals surface area contributed by atoms with Gasteiger partial charge in [-0.05, 0) is 103 Å². The van der Waals surface area contributed by atoms with E-state index in [-0.39, 0.29) is 11.6 Å². The van der Waals surface area contributed by atoms with Gasteiger partial charge in [-0.25, -0.2) is 14.1 Å². The fourth-order valence-corrected chi connectivity index (χ4v) is 6.55. The molecule has 0 saturated carbocycles. The zero-order valence-corrected chi connectivity index (χ0v) is 30.2. The normalized spacial score (nSPS) is 13.5. The predicted molar refractivity (Wildman–Crippen MR) is 214 cm³/mol. The Kier molecular flexibility index (Phi) is 11.3. The minimum absolute atomic E-state index is 0.298. The summed E-state index contributed by atoms with van der Waals surface area (Å²) in [6.07, 6.45) is 9.46. The summed E-state index contributed by atoms with van der Waals surface area (Å²) in [6, 6.07) is 28.0. The van der Waals surface area contributed by atoms with Gasteiger partial charge in [0.05, 0.1) is 24.1 Å². The summed E-state index contributed by atoms with van der Waals surface area (Å²) >= 11 is 12.4. The lowest BCUT2D eigenvalue weighted by Crippen LogP contribution is -2.45. The number of nitrogens with one attached hydrogen (secondary N) is 4. The first-order valence-electron chi connectivity index (χ1n) is 17.2. The van der Waals surface area contributed by atoms with Gasteiger partial charge in [0, 0.05) is 69.4 Å². The smallest absolute Gasteiger partial charge is 0.274 e. The van der Waals surface area contributed by atoms with Crippen molar-refractivity contribution in [3.63, 3.8) is 0 Å². The number of pyridine rings is 2. The average Bonchev–Trinajstić information content (AvgIpc) is 3.17. The van der Waals surface area contributed by atoms with Crippen molar-refractivity contribution < 1.29 is 13.4 Å². The summed E-state index contributed by atoms with van der Waals surface area (Å²) in [5.41, 5.74) is 5.27. The van der Waals surface area contributed by atoms with Gasteiger partial charge in [0.25, 0.3) is 5.84 Å². The molecule has 12 heteroatoms. The Morgan fingerprint density at radius 3 is 2.00 bits per heavy atom. The standard InChI is InChI=1S/C41H36Cl2F2N8/c42-28-4-14-34-36(16-18-46-37(34)26-28)48-20-21-49-40(50-32-10-6-30(44)7-11-32)2-1-3-41(51-33-12-8-31(45)9-13-33)53-24-22-52(23-25-53)39-17-19-47-38-27-29(43)5-15-35(38)39/h1-19,26-27H,20-25H2,(H3,46,48,49,50,51)/p+1. The van der Waals surface area contributed by atoms with Gasteiger partial charge in [-0.2, -0.15) is 0 Å². The van der Waals surface area contributed by atoms with Crippen molar-refractivity contribution in [3.8, 4) is 0 Å². The second-order valence-corrected chi connectivity index (χ2v) is 13.3. The van der Waals surface area contributed by atoms with Crippen LogP contribution >= 0.6 is 23.2 Å². The molecular formula is C41H37Cl2F2N8+. The Morgan fingerprint density at radius 2 is 1.32 bits per heavy atom. The highest BCUT2D eigenvalue weighted by Crippen LogP contribution is 2.28. The number of piperazine rings is 1. The van der Waals surface area contributed by atoms with Crippen LogP contribution in [0.2, 0.25) is 10.0 Å². The van der Waals surface area contributed by atoms with E-state index in [1.807, 2.05) is 73.0 Å². The molecule has 0 amide bonds. The van der Waals surface area contributed by atoms with Crippen molar-refractivity contribution in [1.29, 1.82) is 0 Å². The number of benzene rings is 4. The molecule has 0 bridgehead atoms. The van der Waals surface area contributed by atoms with Crippen LogP contribution in [0.5, 0.6) is 0 Å². The van der Waals surface area contributed by atoms with E-state index in [1.165, 1.54) is 24.3 Å². The maximum Gasteiger partial charge on any atom is 0.274 e. The molecule has 1 fully saturated rings. The topological polar surface area (TPSA) is 80.2 Å². The molecule has 0 atom stereocenters. The molecule has 268 valence electrons. The first-order valence-corrected chi connectivity index (χ1v) is 18.0. The van der Waals surface area contributed by atoms with Crippen molar-refractivity contribution in [2.75, 3.05) is 60.1 Å². The van der Waals surface area contributed by atoms with E-state index in [2.05, 4.69) is 40.7 Å². The van der Waals surface area contributed by atoms with Crippen LogP contribution in [0.15, 0.2) is 134 Å². The Balaban J connectivity index is 1.10. The second-order valence-electron chi connectivity index (χ2n) is 12.4. The van der Waals surface area contributed by atoms with E-state index in [0.29, 0.717) is 23.1 Å². The summed E-state index contributed by atoms with van der Waals surface area (Å²) < 4.78 is 29.8. The zero-order chi connectivity index (χ0) is 36.6. The molecular weight excluding hydrogens is 713 g/mol. The first kappa shape index (κ1) is 35.7. The summed E-state index contributed by atoms with van der Waals surface area (Å²) in [5, 5.41) is 17.1. The van der Waals surface area contributed by atoms with Gasteiger partial charge < -0.3 is 20.9 Å². The fraction of sp³-hybridized carbons (Fsp3) is 0.146. The molecule has 3 heterocycles. The number of amidine groups is 1. The largest absolute Gasteiger partial charge is 0.383 e. The number of hydrogen-bond acceptors (Lipinski definition) is 6. The average molecular weight is 751 g/mol. The molecule has 1 aliphatic rings. The van der Waals surface area contributed by atoms with E-state index in [9.17, 15) is 8.78 Å². The van der Waals surface area contributed by atoms with Gasteiger partial charge in [-0.1, -0.05) is 29.3 Å². The van der Waals surface area contributed by atoms with Gasteiger partial charge in [0.15, 0.2) is 0 Å². The van der Waals surface area contributed by atoms with Crippen LogP contribution in [0.4, 0.5) is 31.5 Å². The second kappa shape index (κ2) is 16.8. The third kappa shape index (κ3) is 9.21. The summed E-state index contributed by atoms with van der Waals surface area (Å²) in [5.74, 6) is 0.980. The maximum absolute atomic E-state index is 13.8. The highest BCUT2D eigenvalue weighted by atomic mass is 35.5. The van der Waals surface area contributed by atoms with Crippen molar-refractivity contribution in [3.05, 3.63) is 155 Å². The SMILES string of the molecule is Fc1ccc(NC(=CC=CC(Nc2ccc(F)cc2)=[N+]2CCN(c3ccnc4cc(Cl)ccc34)CC2)NCCNc2ccnc3cc(Cl)ccc23)cc1. The van der Waals surface area contributed by atoms with Crippen LogP contribution in [-0.4, -0.2) is 59.6 Å². The fourth-order valence-electron chi connectivity index (χ4n) is 6.22. The minimum Gasteiger partial charge on any atom is -0.383 e. The number of rotatable bonds is 11. The molecule has 0 unspecified atom stereocenters. The number of anilines is 4. The third-order valence-corrected chi connectivity index (χ3v) is 9.33. The molecule has 2 aromatic heterocycles. The van der Waals surface area contributed by atoms with E-state index >= 15 is 0 Å². The number of allylic oxidation sites excluding steroid dienone is 2. The van der Waals surface area contributed by atoms with Gasteiger partial charge in [-0.3, -0.25) is 14.5 Å². The van der Waals surface area contributed by atoms with Crippen molar-refractivity contribution >= 4 is 73.6 Å². The molecule has 1 saturated heterocycles. The van der Waals surface area contributed by atoms with E-state index in [1.54, 1.807) is 30.5 Å². The molecule has 7 rings (SSSR count). The summed E-state index contributed by atoms with van der Waals surface area (Å²) in [6.45, 7) is 4.25. The van der Waals surface area contributed by atoms with Crippen LogP contribution in [0.3, 0.4) is 0 Å². The van der Waals surface area contributed by atoms with Crippen molar-refractivity contribution in [2.24, 2.45) is 0 Å². The van der Waals surface area contributed by atoms with Crippen LogP contribution in [0.1, 0.15) is 0 Å². The number of aromatic nitrogens is 2. The highest BCUT2D eigenvalue weighted by molar-refractivity contribution is 6.31. The van der Waals surface area contributed by atoms with Gasteiger partial charge >= 0.3 is 0 Å². The highest BCUT2D eigenvalue weighted by Gasteiger charge is 2.22. The first-order chi connectivity index (χ1) is 25.9. The zero-order valence-electron chi connectivity index (χ0n) is 28.7. The van der Waals surface area contributed by atoms with Crippen LogP contribution in [-0.2, 0) is 0 Å². The van der Waals surface area contributed by atoms with Crippen molar-refractivity contribution in [1.82, 2.24) is 15.3 Å². The van der Waals surface area contributed by atoms with Crippen LogP contribution in [0.25, 0.3) is 21.8 Å². The molecule has 0 aliphatic carbocycles. The predicted octanol–water partition coefficient (Wildman–Crippen LogP) is 8.92. The Bertz CT molecular complexity index is 2300. The van der Waals surface area contributed by atoms with Crippen LogP contribution in [0, 0.1) is 11.6 Å². The van der Waals surface area contributed by atoms with E-state index in [4.69, 9.17) is 23.2 Å². The van der Waals surface area contributed by atoms with Gasteiger partial charge in [0.2, 0.25) is 0 Å². The quantitative estimate of drug-likeness (QED) is 0.0456.